The third kappa shape index (κ3) is 8.55. The number of methoxy groups -OCH3 is 1. The zero-order valence-corrected chi connectivity index (χ0v) is 23.8. The van der Waals surface area contributed by atoms with E-state index in [4.69, 9.17) is 4.74 Å². The highest BCUT2D eigenvalue weighted by molar-refractivity contribution is 7.89. The fourth-order valence-corrected chi connectivity index (χ4v) is 6.50. The summed E-state index contributed by atoms with van der Waals surface area (Å²) in [7, 11) is -2.86. The Labute approximate surface area is 240 Å². The van der Waals surface area contributed by atoms with E-state index < -0.39 is 32.6 Å². The Hall–Kier alpha value is -3.40. The number of rotatable bonds is 13. The van der Waals surface area contributed by atoms with Gasteiger partial charge in [-0.3, -0.25) is 4.79 Å². The van der Waals surface area contributed by atoms with Gasteiger partial charge in [0.05, 0.1) is 19.8 Å². The standard InChI is InChI=1S/C32H35F2NO5S/c1-39-32(36)12-8-3-2-7-11-27-29(35-41(37,38)31-20-17-26(33)21-28(31)34)18-19-30(27)40-22-23-13-15-25(16-14-23)24-9-5-4-6-10-24/h2,4-7,9-10,13-17,20-21,27,29-30,35H,3,8,11-12,18-19,22H2,1H3/b7-2-/t27-,29+,30+/m1/s1. The summed E-state index contributed by atoms with van der Waals surface area (Å²) in [5, 5.41) is 0. The van der Waals surface area contributed by atoms with Crippen molar-refractivity contribution in [3.05, 3.63) is 102 Å². The summed E-state index contributed by atoms with van der Waals surface area (Å²) in [5.74, 6) is -2.44. The second kappa shape index (κ2) is 14.5. The van der Waals surface area contributed by atoms with Gasteiger partial charge in [-0.15, -0.1) is 0 Å². The van der Waals surface area contributed by atoms with Crippen molar-refractivity contribution in [3.63, 3.8) is 0 Å². The lowest BCUT2D eigenvalue weighted by molar-refractivity contribution is -0.140. The van der Waals surface area contributed by atoms with Crippen LogP contribution in [0.2, 0.25) is 0 Å². The van der Waals surface area contributed by atoms with Gasteiger partial charge in [-0.25, -0.2) is 21.9 Å². The van der Waals surface area contributed by atoms with E-state index in [1.165, 1.54) is 7.11 Å². The molecule has 41 heavy (non-hydrogen) atoms. The maximum absolute atomic E-state index is 14.3. The first-order chi connectivity index (χ1) is 19.8. The van der Waals surface area contributed by atoms with Gasteiger partial charge < -0.3 is 9.47 Å². The number of nitrogens with one attached hydrogen (secondary N) is 1. The molecule has 0 unspecified atom stereocenters. The van der Waals surface area contributed by atoms with Crippen LogP contribution in [0.15, 0.2) is 89.8 Å². The van der Waals surface area contributed by atoms with E-state index in [9.17, 15) is 22.0 Å². The van der Waals surface area contributed by atoms with Crippen molar-refractivity contribution < 1.29 is 31.5 Å². The van der Waals surface area contributed by atoms with E-state index in [2.05, 4.69) is 21.6 Å². The first kappa shape index (κ1) is 30.6. The van der Waals surface area contributed by atoms with Crippen LogP contribution in [0.1, 0.15) is 44.1 Å². The Morgan fingerprint density at radius 3 is 2.41 bits per heavy atom. The van der Waals surface area contributed by atoms with Gasteiger partial charge in [0.15, 0.2) is 0 Å². The molecule has 4 rings (SSSR count). The zero-order valence-electron chi connectivity index (χ0n) is 23.0. The Balaban J connectivity index is 1.43. The van der Waals surface area contributed by atoms with Crippen LogP contribution >= 0.6 is 0 Å². The Bertz CT molecular complexity index is 1430. The summed E-state index contributed by atoms with van der Waals surface area (Å²) in [6.45, 7) is 0.366. The van der Waals surface area contributed by atoms with E-state index in [0.717, 1.165) is 28.8 Å². The monoisotopic (exact) mass is 583 g/mol. The SMILES string of the molecule is COC(=O)CCC/C=C\C[C@@H]1[C@@H](NS(=O)(=O)c2ccc(F)cc2F)CC[C@@H]1OCc1ccc(-c2ccccc2)cc1. The maximum atomic E-state index is 14.3. The molecular weight excluding hydrogens is 548 g/mol. The van der Waals surface area contributed by atoms with Crippen molar-refractivity contribution in [2.24, 2.45) is 5.92 Å². The van der Waals surface area contributed by atoms with E-state index in [1.54, 1.807) is 0 Å². The predicted molar refractivity (Wildman–Crippen MR) is 153 cm³/mol. The molecule has 1 aliphatic rings. The molecule has 0 spiro atoms. The van der Waals surface area contributed by atoms with Gasteiger partial charge in [-0.2, -0.15) is 0 Å². The molecule has 1 N–H and O–H groups in total. The predicted octanol–water partition coefficient (Wildman–Crippen LogP) is 6.56. The third-order valence-corrected chi connectivity index (χ3v) is 8.85. The van der Waals surface area contributed by atoms with Crippen molar-refractivity contribution in [2.75, 3.05) is 7.11 Å². The van der Waals surface area contributed by atoms with Crippen LogP contribution in [0.3, 0.4) is 0 Å². The summed E-state index contributed by atoms with van der Waals surface area (Å²) in [6, 6.07) is 20.1. The molecule has 3 aromatic carbocycles. The van der Waals surface area contributed by atoms with Crippen LogP contribution in [0, 0.1) is 17.6 Å². The van der Waals surface area contributed by atoms with Gasteiger partial charge >= 0.3 is 5.97 Å². The molecule has 0 heterocycles. The Kier molecular flexibility index (Phi) is 10.8. The summed E-state index contributed by atoms with van der Waals surface area (Å²) in [6.07, 6.45) is 7.03. The number of carbonyl (C=O) groups is 1. The van der Waals surface area contributed by atoms with Crippen LogP contribution in [0.25, 0.3) is 11.1 Å². The number of hydrogen-bond donors (Lipinski definition) is 1. The molecule has 0 aliphatic heterocycles. The molecule has 9 heteroatoms. The molecule has 0 aromatic heterocycles. The molecule has 0 radical (unpaired) electrons. The van der Waals surface area contributed by atoms with Gasteiger partial charge in [0.25, 0.3) is 0 Å². The minimum atomic E-state index is -4.22. The van der Waals surface area contributed by atoms with Gasteiger partial charge in [0.1, 0.15) is 16.5 Å². The topological polar surface area (TPSA) is 81.7 Å². The first-order valence-electron chi connectivity index (χ1n) is 13.7. The first-order valence-corrected chi connectivity index (χ1v) is 15.2. The fourth-order valence-electron chi connectivity index (χ4n) is 5.12. The van der Waals surface area contributed by atoms with E-state index >= 15 is 0 Å². The number of benzene rings is 3. The number of esters is 1. The van der Waals surface area contributed by atoms with Gasteiger partial charge in [0, 0.05) is 24.4 Å². The Morgan fingerprint density at radius 2 is 1.71 bits per heavy atom. The molecule has 3 aromatic rings. The van der Waals surface area contributed by atoms with Crippen LogP contribution in [0.5, 0.6) is 0 Å². The van der Waals surface area contributed by atoms with Gasteiger partial charge in [0.2, 0.25) is 10.0 Å². The molecule has 1 aliphatic carbocycles. The smallest absolute Gasteiger partial charge is 0.305 e. The second-order valence-corrected chi connectivity index (χ2v) is 11.8. The third-order valence-electron chi connectivity index (χ3n) is 7.33. The maximum Gasteiger partial charge on any atom is 0.305 e. The number of halogens is 2. The highest BCUT2D eigenvalue weighted by atomic mass is 32.2. The van der Waals surface area contributed by atoms with E-state index in [1.807, 2.05) is 54.6 Å². The largest absolute Gasteiger partial charge is 0.469 e. The van der Waals surface area contributed by atoms with Crippen molar-refractivity contribution >= 4 is 16.0 Å². The lowest BCUT2D eigenvalue weighted by atomic mass is 9.97. The quantitative estimate of drug-likeness (QED) is 0.140. The minimum Gasteiger partial charge on any atom is -0.469 e. The van der Waals surface area contributed by atoms with E-state index in [-0.39, 0.29) is 18.0 Å². The summed E-state index contributed by atoms with van der Waals surface area (Å²) >= 11 is 0. The number of unbranched alkanes of at least 4 members (excludes halogenated alkanes) is 1. The van der Waals surface area contributed by atoms with Gasteiger partial charge in [-0.05, 0) is 60.9 Å². The highest BCUT2D eigenvalue weighted by Gasteiger charge is 2.39. The van der Waals surface area contributed by atoms with Crippen molar-refractivity contribution in [1.29, 1.82) is 0 Å². The average molecular weight is 584 g/mol. The van der Waals surface area contributed by atoms with Crippen molar-refractivity contribution in [2.45, 2.75) is 62.2 Å². The van der Waals surface area contributed by atoms with Crippen LogP contribution in [-0.2, 0) is 30.9 Å². The number of sulfonamides is 1. The second-order valence-electron chi connectivity index (χ2n) is 10.1. The molecule has 0 bridgehead atoms. The normalized spacial score (nSPS) is 19.0. The molecule has 0 amide bonds. The van der Waals surface area contributed by atoms with Crippen molar-refractivity contribution in [1.82, 2.24) is 4.72 Å². The molecular formula is C32H35F2NO5S. The number of ether oxygens (including phenoxy) is 2. The lowest BCUT2D eigenvalue weighted by Gasteiger charge is -2.25. The summed E-state index contributed by atoms with van der Waals surface area (Å²) in [5.41, 5.74) is 3.23. The number of allylic oxidation sites excluding steroid dienone is 2. The molecule has 1 saturated carbocycles. The Morgan fingerprint density at radius 1 is 0.976 bits per heavy atom. The summed E-state index contributed by atoms with van der Waals surface area (Å²) in [4.78, 5) is 10.8. The molecule has 218 valence electrons. The molecule has 0 saturated heterocycles. The number of carbonyl (C=O) groups excluding carboxylic acids is 1. The van der Waals surface area contributed by atoms with Gasteiger partial charge in [-0.1, -0.05) is 66.7 Å². The molecule has 3 atom stereocenters. The lowest BCUT2D eigenvalue weighted by Crippen LogP contribution is -2.40. The minimum absolute atomic E-state index is 0.200. The van der Waals surface area contributed by atoms with Crippen LogP contribution < -0.4 is 4.72 Å². The zero-order chi connectivity index (χ0) is 29.2. The van der Waals surface area contributed by atoms with Crippen LogP contribution in [-0.4, -0.2) is 33.6 Å². The average Bonchev–Trinajstić information content (AvgIpc) is 3.34. The molecule has 1 fully saturated rings. The fraction of sp³-hybridized carbons (Fsp3) is 0.344. The molecule has 6 nitrogen and oxygen atoms in total. The summed E-state index contributed by atoms with van der Waals surface area (Å²) < 4.78 is 67.4. The highest BCUT2D eigenvalue weighted by Crippen LogP contribution is 2.34. The number of hydrogen-bond acceptors (Lipinski definition) is 5. The van der Waals surface area contributed by atoms with Crippen LogP contribution in [0.4, 0.5) is 8.78 Å². The van der Waals surface area contributed by atoms with Crippen molar-refractivity contribution in [3.8, 4) is 11.1 Å². The van der Waals surface area contributed by atoms with E-state index in [0.29, 0.717) is 51.2 Å².